The summed E-state index contributed by atoms with van der Waals surface area (Å²) in [6.45, 7) is 2.84. The molecule has 0 aromatic heterocycles. The van der Waals surface area contributed by atoms with Gasteiger partial charge < -0.3 is 15.2 Å². The molecule has 0 radical (unpaired) electrons. The van der Waals surface area contributed by atoms with Crippen LogP contribution in [0.3, 0.4) is 0 Å². The quantitative estimate of drug-likeness (QED) is 0.819. The molecule has 0 atom stereocenters. The van der Waals surface area contributed by atoms with Crippen molar-refractivity contribution in [2.45, 2.75) is 57.2 Å². The summed E-state index contributed by atoms with van der Waals surface area (Å²) in [5, 5.41) is 13.8. The lowest BCUT2D eigenvalue weighted by Gasteiger charge is -2.35. The van der Waals surface area contributed by atoms with Crippen LogP contribution in [-0.4, -0.2) is 29.8 Å². The standard InChI is InChI=1S/C17H25NO3/c1-3-17(20)10-8-15(9-11-17)18-12-13-4-6-14(7-5-13)16(19)21-2/h4-7,15,18,20H,3,8-12H2,1-2H3. The van der Waals surface area contributed by atoms with E-state index >= 15 is 0 Å². The molecule has 0 spiro atoms. The number of methoxy groups -OCH3 is 1. The maximum absolute atomic E-state index is 11.4. The summed E-state index contributed by atoms with van der Waals surface area (Å²) < 4.78 is 4.68. The van der Waals surface area contributed by atoms with Crippen molar-refractivity contribution < 1.29 is 14.6 Å². The first kappa shape index (κ1) is 16.0. The van der Waals surface area contributed by atoms with Crippen LogP contribution in [0.1, 0.15) is 54.9 Å². The fourth-order valence-corrected chi connectivity index (χ4v) is 2.85. The number of hydrogen-bond donors (Lipinski definition) is 2. The van der Waals surface area contributed by atoms with E-state index in [9.17, 15) is 9.90 Å². The third-order valence-corrected chi connectivity index (χ3v) is 4.54. The van der Waals surface area contributed by atoms with Crippen LogP contribution in [0.25, 0.3) is 0 Å². The largest absolute Gasteiger partial charge is 0.465 e. The fraction of sp³-hybridized carbons (Fsp3) is 0.588. The topological polar surface area (TPSA) is 58.6 Å². The predicted molar refractivity (Wildman–Crippen MR) is 82.1 cm³/mol. The van der Waals surface area contributed by atoms with Crippen molar-refractivity contribution in [3.05, 3.63) is 35.4 Å². The zero-order valence-electron chi connectivity index (χ0n) is 12.9. The van der Waals surface area contributed by atoms with E-state index in [0.717, 1.165) is 44.2 Å². The van der Waals surface area contributed by atoms with E-state index in [1.165, 1.54) is 7.11 Å². The van der Waals surface area contributed by atoms with Gasteiger partial charge in [0.05, 0.1) is 18.3 Å². The van der Waals surface area contributed by atoms with Gasteiger partial charge in [-0.3, -0.25) is 0 Å². The van der Waals surface area contributed by atoms with Gasteiger partial charge in [-0.2, -0.15) is 0 Å². The van der Waals surface area contributed by atoms with Crippen molar-refractivity contribution >= 4 is 5.97 Å². The fourth-order valence-electron chi connectivity index (χ4n) is 2.85. The average Bonchev–Trinajstić information content (AvgIpc) is 2.54. The number of hydrogen-bond acceptors (Lipinski definition) is 4. The third kappa shape index (κ3) is 4.29. The first-order chi connectivity index (χ1) is 10.1. The Labute approximate surface area is 126 Å². The number of rotatable bonds is 5. The second-order valence-electron chi connectivity index (χ2n) is 5.92. The maximum atomic E-state index is 11.4. The van der Waals surface area contributed by atoms with Gasteiger partial charge in [0.1, 0.15) is 0 Å². The molecule has 1 aromatic rings. The lowest BCUT2D eigenvalue weighted by Crippen LogP contribution is -2.40. The minimum Gasteiger partial charge on any atom is -0.465 e. The number of esters is 1. The number of benzene rings is 1. The zero-order chi connectivity index (χ0) is 15.3. The molecule has 0 unspecified atom stereocenters. The molecule has 2 N–H and O–H groups in total. The first-order valence-corrected chi connectivity index (χ1v) is 7.69. The molecule has 4 heteroatoms. The summed E-state index contributed by atoms with van der Waals surface area (Å²) in [7, 11) is 1.39. The van der Waals surface area contributed by atoms with Crippen LogP contribution >= 0.6 is 0 Å². The normalized spacial score (nSPS) is 25.6. The van der Waals surface area contributed by atoms with Crippen molar-refractivity contribution in [1.82, 2.24) is 5.32 Å². The first-order valence-electron chi connectivity index (χ1n) is 7.69. The van der Waals surface area contributed by atoms with Crippen LogP contribution in [0.15, 0.2) is 24.3 Å². The molecular weight excluding hydrogens is 266 g/mol. The Morgan fingerprint density at radius 1 is 1.33 bits per heavy atom. The number of ether oxygens (including phenoxy) is 1. The lowest BCUT2D eigenvalue weighted by atomic mass is 9.80. The molecule has 0 aliphatic heterocycles. The molecule has 1 fully saturated rings. The molecule has 116 valence electrons. The van der Waals surface area contributed by atoms with E-state index in [0.29, 0.717) is 11.6 Å². The Morgan fingerprint density at radius 2 is 1.95 bits per heavy atom. The molecule has 21 heavy (non-hydrogen) atoms. The van der Waals surface area contributed by atoms with Gasteiger partial charge in [-0.05, 0) is 49.8 Å². The van der Waals surface area contributed by atoms with E-state index < -0.39 is 5.60 Å². The van der Waals surface area contributed by atoms with E-state index in [2.05, 4.69) is 17.0 Å². The number of aliphatic hydroxyl groups is 1. The van der Waals surface area contributed by atoms with Gasteiger partial charge in [0.2, 0.25) is 0 Å². The Morgan fingerprint density at radius 3 is 2.48 bits per heavy atom. The molecule has 0 amide bonds. The number of nitrogens with one attached hydrogen (secondary N) is 1. The van der Waals surface area contributed by atoms with Gasteiger partial charge in [-0.25, -0.2) is 4.79 Å². The monoisotopic (exact) mass is 291 g/mol. The van der Waals surface area contributed by atoms with Crippen LogP contribution in [0.5, 0.6) is 0 Å². The molecule has 0 bridgehead atoms. The molecular formula is C17H25NO3. The molecule has 0 heterocycles. The average molecular weight is 291 g/mol. The smallest absolute Gasteiger partial charge is 0.337 e. The summed E-state index contributed by atoms with van der Waals surface area (Å²) in [6, 6.07) is 7.95. The van der Waals surface area contributed by atoms with Crippen LogP contribution in [0.4, 0.5) is 0 Å². The van der Waals surface area contributed by atoms with Crippen molar-refractivity contribution in [1.29, 1.82) is 0 Å². The predicted octanol–water partition coefficient (Wildman–Crippen LogP) is 2.65. The highest BCUT2D eigenvalue weighted by atomic mass is 16.5. The SMILES string of the molecule is CCC1(O)CCC(NCc2ccc(C(=O)OC)cc2)CC1. The Bertz CT molecular complexity index is 461. The number of carbonyl (C=O) groups is 1. The minimum absolute atomic E-state index is 0.305. The van der Waals surface area contributed by atoms with Gasteiger partial charge in [0.15, 0.2) is 0 Å². The van der Waals surface area contributed by atoms with Crippen molar-refractivity contribution in [2.24, 2.45) is 0 Å². The lowest BCUT2D eigenvalue weighted by molar-refractivity contribution is -0.00691. The van der Waals surface area contributed by atoms with Crippen LogP contribution < -0.4 is 5.32 Å². The highest BCUT2D eigenvalue weighted by molar-refractivity contribution is 5.89. The summed E-state index contributed by atoms with van der Waals surface area (Å²) in [6.07, 6.45) is 4.63. The molecule has 0 saturated heterocycles. The van der Waals surface area contributed by atoms with E-state index in [4.69, 9.17) is 0 Å². The summed E-state index contributed by atoms with van der Waals surface area (Å²) in [4.78, 5) is 11.4. The Hall–Kier alpha value is -1.39. The van der Waals surface area contributed by atoms with Crippen LogP contribution in [0.2, 0.25) is 0 Å². The maximum Gasteiger partial charge on any atom is 0.337 e. The molecule has 1 aliphatic rings. The highest BCUT2D eigenvalue weighted by Crippen LogP contribution is 2.30. The Balaban J connectivity index is 1.80. The summed E-state index contributed by atoms with van der Waals surface area (Å²) >= 11 is 0. The molecule has 1 aliphatic carbocycles. The third-order valence-electron chi connectivity index (χ3n) is 4.54. The van der Waals surface area contributed by atoms with Gasteiger partial charge in [0.25, 0.3) is 0 Å². The van der Waals surface area contributed by atoms with E-state index in [1.54, 1.807) is 12.1 Å². The second-order valence-corrected chi connectivity index (χ2v) is 5.92. The van der Waals surface area contributed by atoms with Crippen LogP contribution in [-0.2, 0) is 11.3 Å². The molecule has 1 aromatic carbocycles. The van der Waals surface area contributed by atoms with Gasteiger partial charge in [-0.1, -0.05) is 19.1 Å². The highest BCUT2D eigenvalue weighted by Gasteiger charge is 2.30. The minimum atomic E-state index is -0.444. The summed E-state index contributed by atoms with van der Waals surface area (Å²) in [5.41, 5.74) is 1.28. The van der Waals surface area contributed by atoms with Crippen LogP contribution in [0, 0.1) is 0 Å². The molecule has 2 rings (SSSR count). The van der Waals surface area contributed by atoms with Crippen molar-refractivity contribution in [3.8, 4) is 0 Å². The zero-order valence-corrected chi connectivity index (χ0v) is 12.9. The van der Waals surface area contributed by atoms with Gasteiger partial charge in [0, 0.05) is 12.6 Å². The van der Waals surface area contributed by atoms with Crippen molar-refractivity contribution in [2.75, 3.05) is 7.11 Å². The van der Waals surface area contributed by atoms with E-state index in [-0.39, 0.29) is 5.97 Å². The van der Waals surface area contributed by atoms with Crippen molar-refractivity contribution in [3.63, 3.8) is 0 Å². The second kappa shape index (κ2) is 7.05. The number of carbonyl (C=O) groups excluding carboxylic acids is 1. The van der Waals surface area contributed by atoms with E-state index in [1.807, 2.05) is 12.1 Å². The molecule has 4 nitrogen and oxygen atoms in total. The van der Waals surface area contributed by atoms with Gasteiger partial charge in [-0.15, -0.1) is 0 Å². The van der Waals surface area contributed by atoms with Gasteiger partial charge >= 0.3 is 5.97 Å². The Kier molecular flexibility index (Phi) is 5.37. The molecule has 1 saturated carbocycles. The summed E-state index contributed by atoms with van der Waals surface area (Å²) in [5.74, 6) is -0.305.